The minimum atomic E-state index is -1.08. The molecule has 0 amide bonds. The van der Waals surface area contributed by atoms with Crippen LogP contribution in [-0.4, -0.2) is 16.5 Å². The Labute approximate surface area is 134 Å². The van der Waals surface area contributed by atoms with Crippen molar-refractivity contribution in [2.45, 2.75) is 24.8 Å². The molecule has 0 heterocycles. The highest BCUT2D eigenvalue weighted by atomic mass is 35.5. The third-order valence-electron chi connectivity index (χ3n) is 3.39. The molecule has 0 aliphatic rings. The molecule has 2 nitrogen and oxygen atoms in total. The molecule has 2 aromatic rings. The Morgan fingerprint density at radius 3 is 2.62 bits per heavy atom. The van der Waals surface area contributed by atoms with Crippen LogP contribution in [0.2, 0.25) is 5.02 Å². The Morgan fingerprint density at radius 2 is 1.95 bits per heavy atom. The van der Waals surface area contributed by atoms with Gasteiger partial charge in [0.2, 0.25) is 0 Å². The van der Waals surface area contributed by atoms with E-state index in [9.17, 15) is 4.21 Å². The molecule has 2 rings (SSSR count). The first kappa shape index (κ1) is 16.2. The van der Waals surface area contributed by atoms with E-state index in [4.69, 9.17) is 11.6 Å². The Balaban J connectivity index is 2.20. The van der Waals surface area contributed by atoms with Crippen LogP contribution >= 0.6 is 11.6 Å². The van der Waals surface area contributed by atoms with Crippen LogP contribution in [0.5, 0.6) is 0 Å². The maximum Gasteiger partial charge on any atom is 0.0549 e. The smallest absolute Gasteiger partial charge is 0.0549 e. The normalized spacial score (nSPS) is 13.9. The van der Waals surface area contributed by atoms with E-state index in [2.05, 4.69) is 31.3 Å². The van der Waals surface area contributed by atoms with Crippen molar-refractivity contribution in [2.75, 3.05) is 12.3 Å². The Bertz CT molecular complexity index is 630. The molecular formula is C17H20ClNOS. The van der Waals surface area contributed by atoms with Crippen LogP contribution in [-0.2, 0) is 10.8 Å². The van der Waals surface area contributed by atoms with Crippen molar-refractivity contribution in [3.8, 4) is 0 Å². The average Bonchev–Trinajstić information content (AvgIpc) is 2.47. The van der Waals surface area contributed by atoms with Gasteiger partial charge in [0.25, 0.3) is 0 Å². The van der Waals surface area contributed by atoms with Crippen molar-refractivity contribution in [1.29, 1.82) is 0 Å². The minimum absolute atomic E-state index is 0.0796. The van der Waals surface area contributed by atoms with Gasteiger partial charge < -0.3 is 5.32 Å². The minimum Gasteiger partial charge on any atom is -0.309 e. The molecule has 0 bridgehead atoms. The lowest BCUT2D eigenvalue weighted by atomic mass is 10.0. The Morgan fingerprint density at radius 1 is 1.19 bits per heavy atom. The van der Waals surface area contributed by atoms with E-state index < -0.39 is 10.8 Å². The lowest BCUT2D eigenvalue weighted by Crippen LogP contribution is -2.26. The van der Waals surface area contributed by atoms with Crippen LogP contribution in [0.15, 0.2) is 53.4 Å². The highest BCUT2D eigenvalue weighted by Gasteiger charge is 2.17. The van der Waals surface area contributed by atoms with Crippen LogP contribution in [0, 0.1) is 6.92 Å². The van der Waals surface area contributed by atoms with Crippen LogP contribution in [0.4, 0.5) is 0 Å². The van der Waals surface area contributed by atoms with E-state index in [1.165, 1.54) is 11.1 Å². The number of rotatable bonds is 6. The molecule has 0 saturated heterocycles. The van der Waals surface area contributed by atoms with Gasteiger partial charge in [-0.2, -0.15) is 0 Å². The Hall–Kier alpha value is -1.16. The van der Waals surface area contributed by atoms with E-state index >= 15 is 0 Å². The molecule has 0 fully saturated rings. The highest BCUT2D eigenvalue weighted by molar-refractivity contribution is 7.85. The quantitative estimate of drug-likeness (QED) is 0.867. The number of hydrogen-bond acceptors (Lipinski definition) is 2. The van der Waals surface area contributed by atoms with Gasteiger partial charge in [0.1, 0.15) is 0 Å². The molecule has 0 aromatic heterocycles. The van der Waals surface area contributed by atoms with Gasteiger partial charge in [-0.15, -0.1) is 0 Å². The van der Waals surface area contributed by atoms with Crippen molar-refractivity contribution in [3.63, 3.8) is 0 Å². The molecule has 112 valence electrons. The van der Waals surface area contributed by atoms with Gasteiger partial charge in [-0.1, -0.05) is 48.9 Å². The molecule has 0 aliphatic heterocycles. The monoisotopic (exact) mass is 321 g/mol. The fourth-order valence-electron chi connectivity index (χ4n) is 2.34. The zero-order chi connectivity index (χ0) is 15.2. The second-order valence-corrected chi connectivity index (χ2v) is 6.87. The van der Waals surface area contributed by atoms with Gasteiger partial charge >= 0.3 is 0 Å². The Kier molecular flexibility index (Phi) is 5.97. The molecule has 2 atom stereocenters. The van der Waals surface area contributed by atoms with Crippen molar-refractivity contribution in [1.82, 2.24) is 5.32 Å². The number of aryl methyl sites for hydroxylation is 1. The third kappa shape index (κ3) is 4.40. The van der Waals surface area contributed by atoms with Crippen molar-refractivity contribution in [2.24, 2.45) is 0 Å². The second kappa shape index (κ2) is 7.74. The average molecular weight is 322 g/mol. The second-order valence-electron chi connectivity index (χ2n) is 4.94. The van der Waals surface area contributed by atoms with Gasteiger partial charge in [-0.05, 0) is 42.8 Å². The van der Waals surface area contributed by atoms with Crippen molar-refractivity contribution < 1.29 is 4.21 Å². The molecular weight excluding hydrogens is 302 g/mol. The molecule has 21 heavy (non-hydrogen) atoms. The summed E-state index contributed by atoms with van der Waals surface area (Å²) < 4.78 is 12.6. The van der Waals surface area contributed by atoms with Gasteiger partial charge in [0.15, 0.2) is 0 Å². The first-order valence-corrected chi connectivity index (χ1v) is 8.74. The molecule has 0 aliphatic carbocycles. The van der Waals surface area contributed by atoms with E-state index in [0.29, 0.717) is 10.8 Å². The third-order valence-corrected chi connectivity index (χ3v) is 5.04. The van der Waals surface area contributed by atoms with E-state index in [-0.39, 0.29) is 6.04 Å². The number of halogens is 1. The summed E-state index contributed by atoms with van der Waals surface area (Å²) in [5.74, 6) is 0.541. The van der Waals surface area contributed by atoms with Crippen molar-refractivity contribution >= 4 is 22.4 Å². The van der Waals surface area contributed by atoms with Gasteiger partial charge in [-0.3, -0.25) is 4.21 Å². The van der Waals surface area contributed by atoms with Gasteiger partial charge in [0.05, 0.1) is 10.8 Å². The maximum absolute atomic E-state index is 12.6. The molecule has 4 heteroatoms. The number of benzene rings is 2. The summed E-state index contributed by atoms with van der Waals surface area (Å²) >= 11 is 5.98. The molecule has 1 N–H and O–H groups in total. The SMILES string of the molecule is CCNC(CS(=O)c1cccc(Cl)c1)c1ccccc1C. The number of hydrogen-bond donors (Lipinski definition) is 1. The largest absolute Gasteiger partial charge is 0.309 e. The first-order valence-electron chi connectivity index (χ1n) is 7.04. The summed E-state index contributed by atoms with van der Waals surface area (Å²) in [7, 11) is -1.08. The lowest BCUT2D eigenvalue weighted by Gasteiger charge is -2.20. The van der Waals surface area contributed by atoms with Crippen LogP contribution < -0.4 is 5.32 Å². The predicted molar refractivity (Wildman–Crippen MR) is 90.3 cm³/mol. The molecule has 2 unspecified atom stereocenters. The first-order chi connectivity index (χ1) is 10.1. The zero-order valence-corrected chi connectivity index (χ0v) is 13.9. The topological polar surface area (TPSA) is 29.1 Å². The summed E-state index contributed by atoms with van der Waals surface area (Å²) in [6.45, 7) is 4.99. The zero-order valence-electron chi connectivity index (χ0n) is 12.3. The fourth-order valence-corrected chi connectivity index (χ4v) is 3.88. The van der Waals surface area contributed by atoms with Gasteiger partial charge in [0, 0.05) is 21.7 Å². The van der Waals surface area contributed by atoms with Crippen LogP contribution in [0.1, 0.15) is 24.1 Å². The highest BCUT2D eigenvalue weighted by Crippen LogP contribution is 2.22. The lowest BCUT2D eigenvalue weighted by molar-refractivity contribution is 0.592. The van der Waals surface area contributed by atoms with Gasteiger partial charge in [-0.25, -0.2) is 0 Å². The van der Waals surface area contributed by atoms with Crippen molar-refractivity contribution in [3.05, 3.63) is 64.7 Å². The summed E-state index contributed by atoms with van der Waals surface area (Å²) in [5, 5.41) is 4.05. The molecule has 2 aromatic carbocycles. The summed E-state index contributed by atoms with van der Waals surface area (Å²) in [4.78, 5) is 0.777. The van der Waals surface area contributed by atoms with Crippen LogP contribution in [0.3, 0.4) is 0 Å². The van der Waals surface area contributed by atoms with E-state index in [1.807, 2.05) is 24.3 Å². The predicted octanol–water partition coefficient (Wildman–Crippen LogP) is 4.11. The van der Waals surface area contributed by atoms with Crippen LogP contribution in [0.25, 0.3) is 0 Å². The standard InChI is InChI=1S/C17H20ClNOS/c1-3-19-17(16-10-5-4-7-13(16)2)12-21(20)15-9-6-8-14(18)11-15/h4-11,17,19H,3,12H2,1-2H3. The molecule has 0 spiro atoms. The summed E-state index contributed by atoms with van der Waals surface area (Å²) in [5.41, 5.74) is 2.42. The fraction of sp³-hybridized carbons (Fsp3) is 0.294. The van der Waals surface area contributed by atoms with E-state index in [1.54, 1.807) is 12.1 Å². The number of nitrogens with one attached hydrogen (secondary N) is 1. The summed E-state index contributed by atoms with van der Waals surface area (Å²) in [6.07, 6.45) is 0. The molecule has 0 saturated carbocycles. The molecule has 0 radical (unpaired) electrons. The van der Waals surface area contributed by atoms with E-state index in [0.717, 1.165) is 11.4 Å². The summed E-state index contributed by atoms with van der Waals surface area (Å²) in [6, 6.07) is 15.6. The maximum atomic E-state index is 12.6.